The highest BCUT2D eigenvalue weighted by molar-refractivity contribution is 5.89. The van der Waals surface area contributed by atoms with E-state index in [2.05, 4.69) is 54.6 Å². The molecular formula is C26H38N2O. The number of aromatic nitrogens is 1. The lowest BCUT2D eigenvalue weighted by Gasteiger charge is -2.47. The molecule has 1 aromatic heterocycles. The van der Waals surface area contributed by atoms with Crippen molar-refractivity contribution in [1.29, 1.82) is 0 Å². The molecular weight excluding hydrogens is 356 g/mol. The van der Waals surface area contributed by atoms with Gasteiger partial charge in [-0.2, -0.15) is 0 Å². The van der Waals surface area contributed by atoms with Gasteiger partial charge in [0.15, 0.2) is 0 Å². The van der Waals surface area contributed by atoms with Crippen molar-refractivity contribution in [1.82, 2.24) is 9.47 Å². The molecule has 2 fully saturated rings. The first-order valence-corrected chi connectivity index (χ1v) is 12.2. The maximum Gasteiger partial charge on any atom is 0.0712 e. The van der Waals surface area contributed by atoms with Crippen LogP contribution in [-0.2, 0) is 11.2 Å². The molecule has 1 aliphatic heterocycles. The number of hydrogen-bond donors (Lipinski definition) is 0. The fourth-order valence-corrected chi connectivity index (χ4v) is 6.43. The molecule has 2 aromatic rings. The Hall–Kier alpha value is -1.32. The van der Waals surface area contributed by atoms with Crippen LogP contribution in [0.5, 0.6) is 0 Å². The van der Waals surface area contributed by atoms with E-state index in [0.717, 1.165) is 6.54 Å². The van der Waals surface area contributed by atoms with E-state index in [1.165, 1.54) is 63.4 Å². The van der Waals surface area contributed by atoms with Crippen LogP contribution in [0.15, 0.2) is 24.4 Å². The lowest BCUT2D eigenvalue weighted by atomic mass is 9.74. The number of piperidine rings is 1. The molecule has 3 nitrogen and oxygen atoms in total. The van der Waals surface area contributed by atoms with Crippen molar-refractivity contribution in [3.63, 3.8) is 0 Å². The molecule has 0 spiro atoms. The number of ether oxygens (including phenoxy) is 1. The fourth-order valence-electron chi connectivity index (χ4n) is 6.43. The van der Waals surface area contributed by atoms with E-state index in [-0.39, 0.29) is 0 Å². The number of rotatable bonds is 5. The van der Waals surface area contributed by atoms with E-state index in [1.54, 1.807) is 16.5 Å². The Balaban J connectivity index is 1.48. The highest BCUT2D eigenvalue weighted by Crippen LogP contribution is 2.45. The Morgan fingerprint density at radius 1 is 1.10 bits per heavy atom. The molecule has 1 aromatic carbocycles. The number of nitrogens with zero attached hydrogens (tertiary/aromatic N) is 2. The highest BCUT2D eigenvalue weighted by atomic mass is 16.5. The van der Waals surface area contributed by atoms with Crippen LogP contribution in [0, 0.1) is 0 Å². The molecule has 0 bridgehead atoms. The van der Waals surface area contributed by atoms with E-state index in [0.29, 0.717) is 30.2 Å². The van der Waals surface area contributed by atoms with Crippen molar-refractivity contribution in [3.05, 3.63) is 35.5 Å². The molecule has 2 heterocycles. The smallest absolute Gasteiger partial charge is 0.0712 e. The van der Waals surface area contributed by atoms with Crippen molar-refractivity contribution in [2.24, 2.45) is 0 Å². The molecule has 29 heavy (non-hydrogen) atoms. The largest absolute Gasteiger partial charge is 0.374 e. The molecule has 1 saturated carbocycles. The maximum atomic E-state index is 6.74. The van der Waals surface area contributed by atoms with Crippen LogP contribution in [0.1, 0.15) is 88.8 Å². The molecule has 0 amide bonds. The van der Waals surface area contributed by atoms with E-state index in [1.807, 2.05) is 0 Å². The molecule has 5 rings (SSSR count). The zero-order valence-electron chi connectivity index (χ0n) is 18.6. The Morgan fingerprint density at radius 2 is 1.93 bits per heavy atom. The van der Waals surface area contributed by atoms with Gasteiger partial charge in [-0.15, -0.1) is 0 Å². The SMILES string of the molecule is CCCN1C[C@H](OC2CCCCC2)CC2c3cccc4c3c(cn4C(C)C)C[C@H]21. The Morgan fingerprint density at radius 3 is 2.69 bits per heavy atom. The summed E-state index contributed by atoms with van der Waals surface area (Å²) in [6, 6.07) is 8.18. The van der Waals surface area contributed by atoms with Gasteiger partial charge in [-0.05, 0) is 69.7 Å². The Bertz CT molecular complexity index is 848. The zero-order valence-corrected chi connectivity index (χ0v) is 18.6. The van der Waals surface area contributed by atoms with Crippen LogP contribution in [0.2, 0.25) is 0 Å². The van der Waals surface area contributed by atoms with Gasteiger partial charge in [0.1, 0.15) is 0 Å². The van der Waals surface area contributed by atoms with Crippen molar-refractivity contribution in [3.8, 4) is 0 Å². The third-order valence-electron chi connectivity index (χ3n) is 7.69. The third kappa shape index (κ3) is 3.55. The topological polar surface area (TPSA) is 17.4 Å². The van der Waals surface area contributed by atoms with Crippen LogP contribution in [0.25, 0.3) is 10.9 Å². The number of hydrogen-bond acceptors (Lipinski definition) is 2. The van der Waals surface area contributed by atoms with E-state index in [4.69, 9.17) is 4.74 Å². The van der Waals surface area contributed by atoms with Crippen LogP contribution >= 0.6 is 0 Å². The van der Waals surface area contributed by atoms with Crippen LogP contribution < -0.4 is 0 Å². The zero-order chi connectivity index (χ0) is 20.0. The van der Waals surface area contributed by atoms with Gasteiger partial charge in [0.2, 0.25) is 0 Å². The lowest BCUT2D eigenvalue weighted by Crippen LogP contribution is -2.53. The van der Waals surface area contributed by atoms with E-state index >= 15 is 0 Å². The van der Waals surface area contributed by atoms with E-state index < -0.39 is 0 Å². The molecule has 1 unspecified atom stereocenters. The Labute approximate surface area is 176 Å². The van der Waals surface area contributed by atoms with Gasteiger partial charge >= 0.3 is 0 Å². The second-order valence-corrected chi connectivity index (χ2v) is 10.0. The molecule has 3 aliphatic rings. The fraction of sp³-hybridized carbons (Fsp3) is 0.692. The summed E-state index contributed by atoms with van der Waals surface area (Å²) >= 11 is 0. The third-order valence-corrected chi connectivity index (χ3v) is 7.69. The van der Waals surface area contributed by atoms with Crippen molar-refractivity contribution >= 4 is 10.9 Å². The first-order valence-electron chi connectivity index (χ1n) is 12.2. The summed E-state index contributed by atoms with van der Waals surface area (Å²) in [6.45, 7) is 9.25. The van der Waals surface area contributed by atoms with Crippen molar-refractivity contribution < 1.29 is 4.74 Å². The minimum absolute atomic E-state index is 0.398. The predicted molar refractivity (Wildman–Crippen MR) is 121 cm³/mol. The summed E-state index contributed by atoms with van der Waals surface area (Å²) in [4.78, 5) is 2.77. The monoisotopic (exact) mass is 394 g/mol. The van der Waals surface area contributed by atoms with Crippen LogP contribution in [-0.4, -0.2) is 40.8 Å². The van der Waals surface area contributed by atoms with Gasteiger partial charge in [0.25, 0.3) is 0 Å². The summed E-state index contributed by atoms with van der Waals surface area (Å²) in [6.07, 6.45) is 13.6. The standard InChI is InChI=1S/C26H38N2O/c1-4-13-27-17-21(29-20-9-6-5-7-10-20)15-23-22-11-8-12-24-26(22)19(14-25(23)27)16-28(24)18(2)3/h8,11-12,16,18,20-21,23,25H,4-7,9-10,13-15,17H2,1-3H3/t21-,23?,25-/m1/s1. The maximum absolute atomic E-state index is 6.74. The first kappa shape index (κ1) is 19.6. The summed E-state index contributed by atoms with van der Waals surface area (Å²) in [5, 5.41) is 1.55. The van der Waals surface area contributed by atoms with Gasteiger partial charge < -0.3 is 9.30 Å². The molecule has 0 radical (unpaired) electrons. The van der Waals surface area contributed by atoms with Gasteiger partial charge in [0, 0.05) is 41.6 Å². The van der Waals surface area contributed by atoms with Gasteiger partial charge in [-0.3, -0.25) is 4.90 Å². The Kier molecular flexibility index (Phi) is 5.47. The number of likely N-dealkylation sites (tertiary alicyclic amines) is 1. The predicted octanol–water partition coefficient (Wildman–Crippen LogP) is 6.06. The summed E-state index contributed by atoms with van der Waals surface area (Å²) < 4.78 is 9.23. The molecule has 0 N–H and O–H groups in total. The summed E-state index contributed by atoms with van der Waals surface area (Å²) in [5.41, 5.74) is 4.59. The normalized spacial score (nSPS) is 28.2. The summed E-state index contributed by atoms with van der Waals surface area (Å²) in [5.74, 6) is 0.614. The summed E-state index contributed by atoms with van der Waals surface area (Å²) in [7, 11) is 0. The average molecular weight is 395 g/mol. The minimum Gasteiger partial charge on any atom is -0.374 e. The van der Waals surface area contributed by atoms with E-state index in [9.17, 15) is 0 Å². The molecule has 158 valence electrons. The average Bonchev–Trinajstić information content (AvgIpc) is 3.10. The quantitative estimate of drug-likeness (QED) is 0.613. The van der Waals surface area contributed by atoms with Crippen LogP contribution in [0.3, 0.4) is 0 Å². The van der Waals surface area contributed by atoms with Crippen molar-refractivity contribution in [2.45, 2.75) is 102 Å². The van der Waals surface area contributed by atoms with Gasteiger partial charge in [0.05, 0.1) is 12.2 Å². The van der Waals surface area contributed by atoms with Gasteiger partial charge in [-0.25, -0.2) is 0 Å². The number of fused-ring (bicyclic) bond motifs is 2. The minimum atomic E-state index is 0.398. The number of benzene rings is 1. The molecule has 3 atom stereocenters. The van der Waals surface area contributed by atoms with Gasteiger partial charge in [-0.1, -0.05) is 38.3 Å². The molecule has 1 saturated heterocycles. The second-order valence-electron chi connectivity index (χ2n) is 10.0. The van der Waals surface area contributed by atoms with Crippen molar-refractivity contribution in [2.75, 3.05) is 13.1 Å². The second kappa shape index (κ2) is 8.07. The first-order chi connectivity index (χ1) is 14.2. The van der Waals surface area contributed by atoms with Crippen LogP contribution in [0.4, 0.5) is 0 Å². The molecule has 3 heteroatoms. The lowest BCUT2D eigenvalue weighted by molar-refractivity contribution is -0.0783. The molecule has 2 aliphatic carbocycles. The highest BCUT2D eigenvalue weighted by Gasteiger charge is 2.41.